The largest absolute Gasteiger partial charge is 0.454 e. The van der Waals surface area contributed by atoms with Crippen molar-refractivity contribution < 1.29 is 4.42 Å². The van der Waals surface area contributed by atoms with Gasteiger partial charge in [-0.2, -0.15) is 0 Å². The van der Waals surface area contributed by atoms with E-state index in [0.717, 1.165) is 33.3 Å². The highest BCUT2D eigenvalue weighted by atomic mass is 32.2. The summed E-state index contributed by atoms with van der Waals surface area (Å²) in [4.78, 5) is 5.23. The van der Waals surface area contributed by atoms with Gasteiger partial charge in [-0.1, -0.05) is 162 Å². The number of fused-ring (bicyclic) bond motifs is 15. The van der Waals surface area contributed by atoms with E-state index in [1.54, 1.807) is 0 Å². The Balaban J connectivity index is 1.20. The van der Waals surface area contributed by atoms with Crippen LogP contribution in [-0.4, -0.2) is 11.3 Å². The normalized spacial score (nSPS) is 14.7. The molecular formula is C57H41BN2OS2. The van der Waals surface area contributed by atoms with Crippen molar-refractivity contribution in [1.29, 1.82) is 0 Å². The van der Waals surface area contributed by atoms with E-state index in [-0.39, 0.29) is 17.7 Å². The number of anilines is 3. The number of furan rings is 1. The van der Waals surface area contributed by atoms with Crippen LogP contribution in [-0.2, 0) is 10.8 Å². The molecule has 0 fully saturated rings. The lowest BCUT2D eigenvalue weighted by Gasteiger charge is -2.43. The zero-order chi connectivity index (χ0) is 42.1. The average molecular weight is 845 g/mol. The van der Waals surface area contributed by atoms with Crippen molar-refractivity contribution in [1.82, 2.24) is 4.48 Å². The minimum atomic E-state index is -0.213. The monoisotopic (exact) mass is 844 g/mol. The number of aromatic nitrogens is 1. The summed E-state index contributed by atoms with van der Waals surface area (Å²) in [6.45, 7) is 11.7. The SMILES string of the molecule is CC(C)(C)c1ccc(N2c3cc4c(cc3B3c5c(cc6c(oc7ccccc76)c52)-c2cccc5c6sc7ccccc7c6n3c25)C(C)(C)c2ccccc2S4)c(-c2ccccc2)c1. The Hall–Kier alpha value is -6.47. The summed E-state index contributed by atoms with van der Waals surface area (Å²) in [6.07, 6.45) is 0. The Morgan fingerprint density at radius 3 is 2.21 bits per heavy atom. The number of nitrogens with zero attached hydrogens (tertiary/aromatic N) is 2. The van der Waals surface area contributed by atoms with Crippen molar-refractivity contribution in [2.75, 3.05) is 4.90 Å². The third kappa shape index (κ3) is 4.73. The van der Waals surface area contributed by atoms with Crippen molar-refractivity contribution >= 4 is 111 Å². The van der Waals surface area contributed by atoms with Crippen molar-refractivity contribution in [3.63, 3.8) is 0 Å². The van der Waals surface area contributed by atoms with Crippen molar-refractivity contribution in [3.05, 3.63) is 174 Å². The van der Waals surface area contributed by atoms with Crippen molar-refractivity contribution in [3.8, 4) is 22.3 Å². The van der Waals surface area contributed by atoms with Crippen LogP contribution in [0.3, 0.4) is 0 Å². The molecule has 6 heteroatoms. The molecule has 11 aromatic rings. The molecule has 0 saturated carbocycles. The Labute approximate surface area is 374 Å². The summed E-state index contributed by atoms with van der Waals surface area (Å²) in [5, 5.41) is 4.92. The highest BCUT2D eigenvalue weighted by Crippen LogP contribution is 2.56. The second-order valence-corrected chi connectivity index (χ2v) is 21.4. The first kappa shape index (κ1) is 36.1. The van der Waals surface area contributed by atoms with Crippen LogP contribution in [0.5, 0.6) is 0 Å². The first-order valence-corrected chi connectivity index (χ1v) is 23.7. The highest BCUT2D eigenvalue weighted by Gasteiger charge is 2.47. The third-order valence-electron chi connectivity index (χ3n) is 14.4. The van der Waals surface area contributed by atoms with E-state index in [1.165, 1.54) is 96.6 Å². The van der Waals surface area contributed by atoms with Gasteiger partial charge < -0.3 is 13.8 Å². The summed E-state index contributed by atoms with van der Waals surface area (Å²) in [5.74, 6) is 0. The topological polar surface area (TPSA) is 21.3 Å². The molecule has 63 heavy (non-hydrogen) atoms. The van der Waals surface area contributed by atoms with E-state index in [2.05, 4.69) is 202 Å². The van der Waals surface area contributed by atoms with Crippen LogP contribution in [0.4, 0.5) is 17.1 Å². The molecule has 0 N–H and O–H groups in total. The van der Waals surface area contributed by atoms with E-state index in [0.29, 0.717) is 0 Å². The van der Waals surface area contributed by atoms with Crippen LogP contribution in [0.25, 0.3) is 75.4 Å². The Kier molecular flexibility index (Phi) is 7.08. The Morgan fingerprint density at radius 2 is 1.35 bits per heavy atom. The van der Waals surface area contributed by atoms with Crippen LogP contribution < -0.4 is 15.8 Å². The molecule has 3 nitrogen and oxygen atoms in total. The number of thiophene rings is 1. The molecule has 6 heterocycles. The van der Waals surface area contributed by atoms with Gasteiger partial charge in [0.15, 0.2) is 5.58 Å². The molecule has 0 atom stereocenters. The molecule has 0 bridgehead atoms. The molecule has 300 valence electrons. The van der Waals surface area contributed by atoms with Crippen molar-refractivity contribution in [2.45, 2.75) is 55.2 Å². The van der Waals surface area contributed by atoms with Gasteiger partial charge in [0, 0.05) is 63.8 Å². The first-order valence-electron chi connectivity index (χ1n) is 22.0. The van der Waals surface area contributed by atoms with Gasteiger partial charge in [0.25, 0.3) is 0 Å². The molecule has 0 spiro atoms. The summed E-state index contributed by atoms with van der Waals surface area (Å²) < 4.78 is 12.6. The fraction of sp³-hybridized carbons (Fsp3) is 0.123. The summed E-state index contributed by atoms with van der Waals surface area (Å²) in [6, 6.07) is 59.4. The highest BCUT2D eigenvalue weighted by molar-refractivity contribution is 7.99. The van der Waals surface area contributed by atoms with E-state index in [9.17, 15) is 0 Å². The number of rotatable bonds is 2. The second-order valence-electron chi connectivity index (χ2n) is 19.2. The summed E-state index contributed by atoms with van der Waals surface area (Å²) in [7, 11) is 0. The molecule has 3 aliphatic heterocycles. The van der Waals surface area contributed by atoms with Crippen LogP contribution in [0.1, 0.15) is 51.3 Å². The second kappa shape index (κ2) is 12.4. The quantitative estimate of drug-likeness (QED) is 0.162. The van der Waals surface area contributed by atoms with Crippen LogP contribution >= 0.6 is 23.1 Å². The third-order valence-corrected chi connectivity index (χ3v) is 16.7. The molecule has 14 rings (SSSR count). The molecule has 0 aliphatic carbocycles. The van der Waals surface area contributed by atoms with Gasteiger partial charge in [0.05, 0.1) is 21.6 Å². The smallest absolute Gasteiger partial charge is 0.333 e. The lowest BCUT2D eigenvalue weighted by atomic mass is 9.44. The van der Waals surface area contributed by atoms with Gasteiger partial charge in [-0.3, -0.25) is 0 Å². The average Bonchev–Trinajstić information content (AvgIpc) is 3.97. The van der Waals surface area contributed by atoms with Crippen molar-refractivity contribution in [2.24, 2.45) is 0 Å². The van der Waals surface area contributed by atoms with Gasteiger partial charge in [0.1, 0.15) is 5.58 Å². The zero-order valence-corrected chi connectivity index (χ0v) is 37.3. The van der Waals surface area contributed by atoms with Crippen LogP contribution in [0.2, 0.25) is 0 Å². The number of para-hydroxylation sites is 2. The van der Waals surface area contributed by atoms with E-state index < -0.39 is 0 Å². The molecule has 0 unspecified atom stereocenters. The number of benzene rings is 8. The molecule has 3 aliphatic rings. The van der Waals surface area contributed by atoms with Crippen LogP contribution in [0.15, 0.2) is 172 Å². The predicted molar refractivity (Wildman–Crippen MR) is 269 cm³/mol. The summed E-state index contributed by atoms with van der Waals surface area (Å²) >= 11 is 3.84. The number of hydrogen-bond donors (Lipinski definition) is 0. The zero-order valence-electron chi connectivity index (χ0n) is 35.7. The van der Waals surface area contributed by atoms with Gasteiger partial charge in [-0.05, 0) is 86.6 Å². The molecule has 0 saturated heterocycles. The Morgan fingerprint density at radius 1 is 0.587 bits per heavy atom. The molecule has 0 radical (unpaired) electrons. The fourth-order valence-electron chi connectivity index (χ4n) is 11.4. The summed E-state index contributed by atoms with van der Waals surface area (Å²) in [5.41, 5.74) is 19.3. The molecule has 0 amide bonds. The molecular weight excluding hydrogens is 804 g/mol. The first-order chi connectivity index (χ1) is 30.6. The maximum Gasteiger partial charge on any atom is 0.333 e. The molecule has 3 aromatic heterocycles. The minimum Gasteiger partial charge on any atom is -0.454 e. The number of hydrogen-bond acceptors (Lipinski definition) is 4. The van der Waals surface area contributed by atoms with Gasteiger partial charge in [-0.25, -0.2) is 0 Å². The Bertz CT molecular complexity index is 3810. The van der Waals surface area contributed by atoms with Gasteiger partial charge in [-0.15, -0.1) is 11.3 Å². The maximum absolute atomic E-state index is 7.24. The lowest BCUT2D eigenvalue weighted by Crippen LogP contribution is -2.57. The fourth-order valence-corrected chi connectivity index (χ4v) is 14.0. The minimum absolute atomic E-state index is 0.0439. The standard InChI is InChI=1S/C57H41BN2OS2/c1-56(2,3)33-26-27-44(38(28-33)32-16-7-6-8-17-32)59-45-31-49-42(57(4,5)41-22-11-14-25-48(41)62-49)30-43(45)58-50-39(29-40-34-18-9-12-23-46(34)61-54(40)53(50)59)35-20-15-21-37-51(35)60(58)52-36-19-10-13-24-47(36)63-55(37)52/h6-31H,1-5H3. The molecule has 8 aromatic carbocycles. The van der Waals surface area contributed by atoms with E-state index in [1.807, 2.05) is 23.1 Å². The van der Waals surface area contributed by atoms with E-state index >= 15 is 0 Å². The van der Waals surface area contributed by atoms with Crippen LogP contribution in [0, 0.1) is 0 Å². The lowest BCUT2D eigenvalue weighted by molar-refractivity contribution is 0.590. The maximum atomic E-state index is 7.24. The van der Waals surface area contributed by atoms with Gasteiger partial charge in [0.2, 0.25) is 0 Å². The van der Waals surface area contributed by atoms with E-state index in [4.69, 9.17) is 4.42 Å². The van der Waals surface area contributed by atoms with Gasteiger partial charge >= 0.3 is 6.85 Å². The predicted octanol–water partition coefficient (Wildman–Crippen LogP) is 15.1.